The summed E-state index contributed by atoms with van der Waals surface area (Å²) in [5.41, 5.74) is 2.33. The molecule has 1 N–H and O–H groups in total. The van der Waals surface area contributed by atoms with Crippen molar-refractivity contribution in [3.63, 3.8) is 0 Å². The second-order valence-electron chi connectivity index (χ2n) is 7.79. The SMILES string of the molecule is Cc1ccccc1C(NC(=O)N1CCN(C(=O)c2ccccc2F)CC1)C(C)C. The molecule has 1 heterocycles. The van der Waals surface area contributed by atoms with Crippen LogP contribution in [0.15, 0.2) is 48.5 Å². The van der Waals surface area contributed by atoms with Crippen molar-refractivity contribution in [3.05, 3.63) is 71.0 Å². The van der Waals surface area contributed by atoms with Crippen LogP contribution in [0.2, 0.25) is 0 Å². The standard InChI is InChI=1S/C23H28FN3O2/c1-16(2)21(18-9-5-4-8-17(18)3)25-23(29)27-14-12-26(13-15-27)22(28)19-10-6-7-11-20(19)24/h4-11,16,21H,12-15H2,1-3H3,(H,25,29). The summed E-state index contributed by atoms with van der Waals surface area (Å²) >= 11 is 0. The molecule has 3 amide bonds. The molecule has 0 saturated carbocycles. The molecular weight excluding hydrogens is 369 g/mol. The molecule has 29 heavy (non-hydrogen) atoms. The Balaban J connectivity index is 1.61. The number of rotatable bonds is 4. The number of nitrogens with zero attached hydrogens (tertiary/aromatic N) is 2. The highest BCUT2D eigenvalue weighted by atomic mass is 19.1. The van der Waals surface area contributed by atoms with Gasteiger partial charge in [-0.1, -0.05) is 50.2 Å². The number of urea groups is 1. The quantitative estimate of drug-likeness (QED) is 0.848. The molecule has 0 bridgehead atoms. The van der Waals surface area contributed by atoms with Gasteiger partial charge in [-0.2, -0.15) is 0 Å². The van der Waals surface area contributed by atoms with Crippen LogP contribution in [0.1, 0.15) is 41.4 Å². The first-order valence-electron chi connectivity index (χ1n) is 10.0. The largest absolute Gasteiger partial charge is 0.335 e. The molecule has 1 unspecified atom stereocenters. The van der Waals surface area contributed by atoms with E-state index in [1.54, 1.807) is 21.9 Å². The maximum absolute atomic E-state index is 13.9. The van der Waals surface area contributed by atoms with Crippen LogP contribution in [0.25, 0.3) is 0 Å². The number of piperazine rings is 1. The average molecular weight is 397 g/mol. The zero-order chi connectivity index (χ0) is 21.0. The molecule has 1 fully saturated rings. The minimum Gasteiger partial charge on any atom is -0.335 e. The molecule has 1 atom stereocenters. The third-order valence-corrected chi connectivity index (χ3v) is 5.43. The van der Waals surface area contributed by atoms with E-state index < -0.39 is 5.82 Å². The van der Waals surface area contributed by atoms with Gasteiger partial charge in [-0.25, -0.2) is 9.18 Å². The highest BCUT2D eigenvalue weighted by molar-refractivity contribution is 5.94. The third kappa shape index (κ3) is 4.75. The predicted octanol–water partition coefficient (Wildman–Crippen LogP) is 4.00. The van der Waals surface area contributed by atoms with Crippen molar-refractivity contribution in [2.24, 2.45) is 5.92 Å². The molecule has 0 radical (unpaired) electrons. The smallest absolute Gasteiger partial charge is 0.318 e. The van der Waals surface area contributed by atoms with Crippen molar-refractivity contribution in [2.75, 3.05) is 26.2 Å². The summed E-state index contributed by atoms with van der Waals surface area (Å²) in [7, 11) is 0. The van der Waals surface area contributed by atoms with Crippen LogP contribution in [0, 0.1) is 18.7 Å². The van der Waals surface area contributed by atoms with E-state index >= 15 is 0 Å². The Morgan fingerprint density at radius 1 is 0.931 bits per heavy atom. The predicted molar refractivity (Wildman–Crippen MR) is 111 cm³/mol. The van der Waals surface area contributed by atoms with Crippen LogP contribution < -0.4 is 5.32 Å². The molecule has 3 rings (SSSR count). The number of carbonyl (C=O) groups excluding carboxylic acids is 2. The zero-order valence-corrected chi connectivity index (χ0v) is 17.2. The zero-order valence-electron chi connectivity index (χ0n) is 17.2. The number of hydrogen-bond donors (Lipinski definition) is 1. The van der Waals surface area contributed by atoms with Crippen molar-refractivity contribution in [3.8, 4) is 0 Å². The second-order valence-corrected chi connectivity index (χ2v) is 7.79. The Kier molecular flexibility index (Phi) is 6.52. The first-order chi connectivity index (χ1) is 13.9. The normalized spacial score (nSPS) is 15.3. The summed E-state index contributed by atoms with van der Waals surface area (Å²) in [4.78, 5) is 28.7. The van der Waals surface area contributed by atoms with Crippen molar-refractivity contribution >= 4 is 11.9 Å². The summed E-state index contributed by atoms with van der Waals surface area (Å²) in [6, 6.07) is 13.8. The van der Waals surface area contributed by atoms with E-state index in [9.17, 15) is 14.0 Å². The van der Waals surface area contributed by atoms with E-state index in [1.807, 2.05) is 31.2 Å². The van der Waals surface area contributed by atoms with Crippen molar-refractivity contribution in [2.45, 2.75) is 26.8 Å². The van der Waals surface area contributed by atoms with Crippen molar-refractivity contribution in [1.82, 2.24) is 15.1 Å². The Bertz CT molecular complexity index is 876. The van der Waals surface area contributed by atoms with Crippen LogP contribution in [-0.4, -0.2) is 47.9 Å². The summed E-state index contributed by atoms with van der Waals surface area (Å²) < 4.78 is 13.9. The molecule has 0 spiro atoms. The van der Waals surface area contributed by atoms with Crippen molar-refractivity contribution in [1.29, 1.82) is 0 Å². The molecule has 0 aromatic heterocycles. The van der Waals surface area contributed by atoms with E-state index in [4.69, 9.17) is 0 Å². The molecular formula is C23H28FN3O2. The second kappa shape index (κ2) is 9.07. The monoisotopic (exact) mass is 397 g/mol. The number of carbonyl (C=O) groups is 2. The Hall–Kier alpha value is -2.89. The summed E-state index contributed by atoms with van der Waals surface area (Å²) in [5.74, 6) is -0.609. The molecule has 6 heteroatoms. The van der Waals surface area contributed by atoms with Crippen molar-refractivity contribution < 1.29 is 14.0 Å². The van der Waals surface area contributed by atoms with Gasteiger partial charge in [-0.15, -0.1) is 0 Å². The van der Waals surface area contributed by atoms with E-state index in [2.05, 4.69) is 19.2 Å². The first kappa shape index (κ1) is 20.8. The molecule has 1 saturated heterocycles. The van der Waals surface area contributed by atoms with Crippen LogP contribution in [0.4, 0.5) is 9.18 Å². The fourth-order valence-electron chi connectivity index (χ4n) is 3.68. The summed E-state index contributed by atoms with van der Waals surface area (Å²) in [6.45, 7) is 7.83. The molecule has 154 valence electrons. The van der Waals surface area contributed by atoms with Gasteiger partial charge in [-0.3, -0.25) is 4.79 Å². The molecule has 5 nitrogen and oxygen atoms in total. The van der Waals surface area contributed by atoms with Gasteiger partial charge in [0.2, 0.25) is 0 Å². The van der Waals surface area contributed by atoms with Crippen LogP contribution in [0.5, 0.6) is 0 Å². The summed E-state index contributed by atoms with van der Waals surface area (Å²) in [5, 5.41) is 3.15. The number of benzene rings is 2. The molecule has 0 aliphatic carbocycles. The maximum atomic E-state index is 13.9. The fourth-order valence-corrected chi connectivity index (χ4v) is 3.68. The number of halogens is 1. The maximum Gasteiger partial charge on any atom is 0.318 e. The minimum atomic E-state index is -0.518. The lowest BCUT2D eigenvalue weighted by molar-refractivity contribution is 0.0658. The first-order valence-corrected chi connectivity index (χ1v) is 10.0. The minimum absolute atomic E-state index is 0.0739. The lowest BCUT2D eigenvalue weighted by Crippen LogP contribution is -2.54. The van der Waals surface area contributed by atoms with Gasteiger partial charge in [-0.05, 0) is 36.1 Å². The van der Waals surface area contributed by atoms with E-state index in [1.165, 1.54) is 12.1 Å². The number of aryl methyl sites for hydroxylation is 1. The number of hydrogen-bond acceptors (Lipinski definition) is 2. The highest BCUT2D eigenvalue weighted by Gasteiger charge is 2.28. The lowest BCUT2D eigenvalue weighted by Gasteiger charge is -2.36. The Morgan fingerprint density at radius 2 is 1.52 bits per heavy atom. The van der Waals surface area contributed by atoms with Crippen LogP contribution >= 0.6 is 0 Å². The van der Waals surface area contributed by atoms with E-state index in [-0.39, 0.29) is 29.5 Å². The number of nitrogens with one attached hydrogen (secondary N) is 1. The van der Waals surface area contributed by atoms with Gasteiger partial charge in [0, 0.05) is 26.2 Å². The summed E-state index contributed by atoms with van der Waals surface area (Å²) in [6.07, 6.45) is 0. The fraction of sp³-hybridized carbons (Fsp3) is 0.391. The Labute approximate surface area is 171 Å². The molecule has 2 aromatic carbocycles. The Morgan fingerprint density at radius 3 is 2.14 bits per heavy atom. The van der Waals surface area contributed by atoms with Crippen LogP contribution in [-0.2, 0) is 0 Å². The van der Waals surface area contributed by atoms with E-state index in [0.29, 0.717) is 26.2 Å². The molecule has 1 aliphatic rings. The number of amides is 3. The van der Waals surface area contributed by atoms with Gasteiger partial charge in [0.15, 0.2) is 0 Å². The molecule has 2 aromatic rings. The average Bonchev–Trinajstić information content (AvgIpc) is 2.72. The van der Waals surface area contributed by atoms with Gasteiger partial charge in [0.25, 0.3) is 5.91 Å². The highest BCUT2D eigenvalue weighted by Crippen LogP contribution is 2.25. The van der Waals surface area contributed by atoms with E-state index in [0.717, 1.165) is 11.1 Å². The van der Waals surface area contributed by atoms with Gasteiger partial charge < -0.3 is 15.1 Å². The van der Waals surface area contributed by atoms with Gasteiger partial charge >= 0.3 is 6.03 Å². The lowest BCUT2D eigenvalue weighted by atomic mass is 9.93. The van der Waals surface area contributed by atoms with Gasteiger partial charge in [0.1, 0.15) is 5.82 Å². The van der Waals surface area contributed by atoms with Gasteiger partial charge in [0.05, 0.1) is 11.6 Å². The van der Waals surface area contributed by atoms with Crippen LogP contribution in [0.3, 0.4) is 0 Å². The topological polar surface area (TPSA) is 52.7 Å². The molecule has 1 aliphatic heterocycles. The third-order valence-electron chi connectivity index (χ3n) is 5.43.